The molecule has 2 N–H and O–H groups in total. The smallest absolute Gasteiger partial charge is 0.156 e. The van der Waals surface area contributed by atoms with E-state index in [9.17, 15) is 0 Å². The third kappa shape index (κ3) is 6.97. The predicted octanol–water partition coefficient (Wildman–Crippen LogP) is -1.90. The van der Waals surface area contributed by atoms with Crippen molar-refractivity contribution in [3.05, 3.63) is 203 Å². The minimum absolute atomic E-state index is 0.371. The summed E-state index contributed by atoms with van der Waals surface area (Å²) in [6.07, 6.45) is 0. The monoisotopic (exact) mass is 1000 g/mol. The SMILES string of the molecule is Bc1c(B)c(B)c(/C(N)=N/C(=N\Cc2cccc3oc4ccc(-c5cccc6oc7ccc(-c8cccc9c8-c8ccccc8C98c9ccccc9-c9ccccc98)cc7c56)cc4c23)c2c(B)c(B)c(B)c(B)c2B)c(B)c1B. The lowest BCUT2D eigenvalue weighted by Crippen LogP contribution is -2.58. The van der Waals surface area contributed by atoms with Gasteiger partial charge in [0.25, 0.3) is 0 Å². The average Bonchev–Trinajstić information content (AvgIpc) is 4.09. The highest BCUT2D eigenvalue weighted by molar-refractivity contribution is 6.70. The first kappa shape index (κ1) is 48.9. The third-order valence-corrected chi connectivity index (χ3v) is 18.8. The Hall–Kier alpha value is -8.41. The summed E-state index contributed by atoms with van der Waals surface area (Å²) >= 11 is 0. The van der Waals surface area contributed by atoms with E-state index < -0.39 is 5.41 Å². The molecule has 0 bridgehead atoms. The van der Waals surface area contributed by atoms with Crippen LogP contribution in [-0.4, -0.2) is 90.1 Å². The second kappa shape index (κ2) is 18.1. The fraction of sp³-hybridized carbons (Fsp3) is 0.0312. The van der Waals surface area contributed by atoms with Crippen molar-refractivity contribution >= 4 is 189 Å². The van der Waals surface area contributed by atoms with Crippen LogP contribution in [0.1, 0.15) is 38.9 Å². The molecule has 0 radical (unpaired) electrons. The number of nitrogens with two attached hydrogens (primary N) is 1. The lowest BCUT2D eigenvalue weighted by atomic mass is 9.60. The maximum absolute atomic E-state index is 7.16. The van der Waals surface area contributed by atoms with Gasteiger partial charge in [0.1, 0.15) is 107 Å². The van der Waals surface area contributed by atoms with Gasteiger partial charge in [-0.1, -0.05) is 149 Å². The predicted molar refractivity (Wildman–Crippen MR) is 364 cm³/mol. The van der Waals surface area contributed by atoms with Crippen LogP contribution in [0.15, 0.2) is 183 Å². The molecule has 0 saturated carbocycles. The maximum Gasteiger partial charge on any atom is 0.156 e. The molecule has 2 heterocycles. The van der Waals surface area contributed by atoms with Crippen LogP contribution in [0.25, 0.3) is 88.4 Å². The lowest BCUT2D eigenvalue weighted by Gasteiger charge is -2.30. The highest BCUT2D eigenvalue weighted by atomic mass is 16.3. The Labute approximate surface area is 469 Å². The lowest BCUT2D eigenvalue weighted by molar-refractivity contribution is 0.668. The van der Waals surface area contributed by atoms with Crippen LogP contribution in [0.2, 0.25) is 0 Å². The molecule has 2 aliphatic carbocycles. The molecular formula is C64H51B10N3O2. The van der Waals surface area contributed by atoms with E-state index in [1.165, 1.54) is 82.8 Å². The molecule has 0 amide bonds. The van der Waals surface area contributed by atoms with E-state index in [1.807, 2.05) is 0 Å². The molecule has 10 aromatic carbocycles. The van der Waals surface area contributed by atoms with E-state index in [1.54, 1.807) is 0 Å². The van der Waals surface area contributed by atoms with Gasteiger partial charge in [0.15, 0.2) is 5.84 Å². The minimum Gasteiger partial charge on any atom is -0.456 e. The summed E-state index contributed by atoms with van der Waals surface area (Å²) in [6, 6.07) is 60.0. The van der Waals surface area contributed by atoms with Crippen molar-refractivity contribution in [2.24, 2.45) is 15.7 Å². The molecule has 79 heavy (non-hydrogen) atoms. The molecule has 0 fully saturated rings. The number of hydrogen-bond donors (Lipinski definition) is 1. The topological polar surface area (TPSA) is 77.0 Å². The summed E-state index contributed by atoms with van der Waals surface area (Å²) in [7, 11) is 21.8. The van der Waals surface area contributed by atoms with Gasteiger partial charge in [0, 0.05) is 32.7 Å². The number of hydrogen-bond acceptors (Lipinski definition) is 3. The molecule has 0 atom stereocenters. The van der Waals surface area contributed by atoms with Gasteiger partial charge in [-0.3, -0.25) is 4.99 Å². The Kier molecular flexibility index (Phi) is 11.2. The average molecular weight is 1000 g/mol. The highest BCUT2D eigenvalue weighted by Crippen LogP contribution is 2.64. The highest BCUT2D eigenvalue weighted by Gasteiger charge is 2.52. The summed E-state index contributed by atoms with van der Waals surface area (Å²) in [4.78, 5) is 10.8. The maximum atomic E-state index is 7.16. The van der Waals surface area contributed by atoms with Gasteiger partial charge in [-0.25, -0.2) is 4.99 Å². The Balaban J connectivity index is 0.906. The first-order valence-corrected chi connectivity index (χ1v) is 27.6. The van der Waals surface area contributed by atoms with Gasteiger partial charge in [0.2, 0.25) is 0 Å². The van der Waals surface area contributed by atoms with Crippen molar-refractivity contribution in [2.75, 3.05) is 0 Å². The fourth-order valence-electron chi connectivity index (χ4n) is 14.0. The van der Waals surface area contributed by atoms with Crippen molar-refractivity contribution in [3.8, 4) is 44.5 Å². The molecule has 0 saturated heterocycles. The number of nitrogens with zero attached hydrogens (tertiary/aromatic N) is 2. The summed E-state index contributed by atoms with van der Waals surface area (Å²) in [6.45, 7) is 0.371. The Morgan fingerprint density at radius 3 is 1.42 bits per heavy atom. The van der Waals surface area contributed by atoms with Gasteiger partial charge in [-0.05, 0) is 109 Å². The van der Waals surface area contributed by atoms with Gasteiger partial charge >= 0.3 is 0 Å². The van der Waals surface area contributed by atoms with E-state index in [0.29, 0.717) is 18.2 Å². The quantitative estimate of drug-likeness (QED) is 0.120. The summed E-state index contributed by atoms with van der Waals surface area (Å²) in [5.74, 6) is 1.11. The van der Waals surface area contributed by atoms with Gasteiger partial charge in [-0.15, -0.1) is 32.8 Å². The zero-order valence-electron chi connectivity index (χ0n) is 46.6. The van der Waals surface area contributed by atoms with Gasteiger partial charge in [-0.2, -0.15) is 0 Å². The van der Waals surface area contributed by atoms with E-state index in [4.69, 9.17) is 24.6 Å². The van der Waals surface area contributed by atoms with E-state index in [0.717, 1.165) is 99.1 Å². The third-order valence-electron chi connectivity index (χ3n) is 18.8. The first-order valence-electron chi connectivity index (χ1n) is 27.6. The standard InChI is InChI=1S/C64H51B10N3O2/c65-52-50(53(66)57(70)60(73)56(52)69)62(75)77-63(51-54(67)58(71)61(74)59(72)55(51)68)76-28-31-10-7-20-45-47(31)37-26-30(23-24-43(37)78-45)33-15-9-21-46-49(33)38-27-29(22-25-44(38)79-46)32-14-8-19-42-48(32)36-13-3-6-18-41(36)64(42)39-16-4-1-11-34(39)35-12-2-5-17-40(35)64/h1-27H,28,65-74H2,(H2,75,76,77). The van der Waals surface area contributed by atoms with E-state index >= 15 is 0 Å². The molecule has 14 rings (SSSR count). The van der Waals surface area contributed by atoms with Crippen molar-refractivity contribution in [1.29, 1.82) is 0 Å². The number of aliphatic imine (C=N–C) groups is 2. The molecule has 2 aliphatic rings. The molecule has 2 aromatic heterocycles. The molecule has 12 aromatic rings. The number of furan rings is 2. The van der Waals surface area contributed by atoms with Crippen LogP contribution in [-0.2, 0) is 12.0 Å². The first-order chi connectivity index (χ1) is 38.3. The Morgan fingerprint density at radius 1 is 0.392 bits per heavy atom. The Bertz CT molecular complexity index is 4650. The molecule has 5 nitrogen and oxygen atoms in total. The summed E-state index contributed by atoms with van der Waals surface area (Å²) in [5, 5.41) is 4.22. The van der Waals surface area contributed by atoms with Crippen LogP contribution in [0, 0.1) is 0 Å². The summed E-state index contributed by atoms with van der Waals surface area (Å²) in [5.41, 5.74) is 40.3. The summed E-state index contributed by atoms with van der Waals surface area (Å²) < 4.78 is 13.4. The van der Waals surface area contributed by atoms with Gasteiger partial charge in [0.05, 0.1) is 12.0 Å². The minimum atomic E-state index is -0.420. The number of amidine groups is 2. The normalized spacial score (nSPS) is 13.4. The molecule has 15 heteroatoms. The molecule has 0 aliphatic heterocycles. The van der Waals surface area contributed by atoms with Gasteiger partial charge < -0.3 is 14.6 Å². The molecule has 1 spiro atoms. The van der Waals surface area contributed by atoms with Crippen molar-refractivity contribution < 1.29 is 8.83 Å². The Morgan fingerprint density at radius 2 is 0.823 bits per heavy atom. The largest absolute Gasteiger partial charge is 0.456 e. The second-order valence-corrected chi connectivity index (χ2v) is 22.3. The van der Waals surface area contributed by atoms with E-state index in [-0.39, 0.29) is 0 Å². The molecule has 364 valence electrons. The number of benzene rings is 10. The van der Waals surface area contributed by atoms with Crippen molar-refractivity contribution in [2.45, 2.75) is 12.0 Å². The zero-order valence-corrected chi connectivity index (χ0v) is 46.6. The van der Waals surface area contributed by atoms with Crippen LogP contribution in [0.3, 0.4) is 0 Å². The number of rotatable bonds is 6. The van der Waals surface area contributed by atoms with Crippen LogP contribution in [0.5, 0.6) is 0 Å². The zero-order chi connectivity index (χ0) is 54.3. The second-order valence-electron chi connectivity index (χ2n) is 22.3. The number of fused-ring (bicyclic) bond motifs is 16. The van der Waals surface area contributed by atoms with Crippen LogP contribution < -0.4 is 60.4 Å². The van der Waals surface area contributed by atoms with Crippen molar-refractivity contribution in [1.82, 2.24) is 0 Å². The van der Waals surface area contributed by atoms with Crippen LogP contribution in [0.4, 0.5) is 0 Å². The fourth-order valence-corrected chi connectivity index (χ4v) is 14.0. The molecule has 0 unspecified atom stereocenters. The van der Waals surface area contributed by atoms with E-state index in [2.05, 4.69) is 242 Å². The molecular weight excluding hydrogens is 951 g/mol. The van der Waals surface area contributed by atoms with Crippen molar-refractivity contribution in [3.63, 3.8) is 0 Å². The van der Waals surface area contributed by atoms with Crippen LogP contribution >= 0.6 is 0 Å².